The standard InChI is InChI=1S/C17H29N3O2/c1-16(2)10-8-19-13(12(10)16)14(21)20-11(7-9-5-6-9)17(3,4)15(18)22/h9-13,19H,5-8H2,1-4H3,(H2,18,22)(H,20,21)/t10?,11?,12-,13-/m0/s1. The lowest BCUT2D eigenvalue weighted by molar-refractivity contribution is -0.130. The van der Waals surface area contributed by atoms with Crippen LogP contribution in [0.3, 0.4) is 0 Å². The normalized spacial score (nSPS) is 33.9. The third kappa shape index (κ3) is 2.53. The zero-order valence-corrected chi connectivity index (χ0v) is 14.1. The van der Waals surface area contributed by atoms with Gasteiger partial charge in [-0.05, 0) is 50.0 Å². The van der Waals surface area contributed by atoms with Crippen molar-refractivity contribution < 1.29 is 9.59 Å². The molecule has 2 unspecified atom stereocenters. The molecule has 124 valence electrons. The molecular formula is C17H29N3O2. The molecule has 0 radical (unpaired) electrons. The van der Waals surface area contributed by atoms with E-state index in [4.69, 9.17) is 5.73 Å². The van der Waals surface area contributed by atoms with Crippen molar-refractivity contribution in [2.45, 2.75) is 59.0 Å². The summed E-state index contributed by atoms with van der Waals surface area (Å²) < 4.78 is 0. The second-order valence-electron chi connectivity index (χ2n) is 8.67. The van der Waals surface area contributed by atoms with E-state index in [1.165, 1.54) is 12.8 Å². The van der Waals surface area contributed by atoms with E-state index in [9.17, 15) is 9.59 Å². The van der Waals surface area contributed by atoms with Gasteiger partial charge in [-0.2, -0.15) is 0 Å². The van der Waals surface area contributed by atoms with E-state index in [1.54, 1.807) is 0 Å². The first kappa shape index (κ1) is 15.8. The average molecular weight is 307 g/mol. The molecule has 1 heterocycles. The fourth-order valence-electron chi connectivity index (χ4n) is 4.13. The Morgan fingerprint density at radius 1 is 1.36 bits per heavy atom. The second-order valence-corrected chi connectivity index (χ2v) is 8.67. The summed E-state index contributed by atoms with van der Waals surface area (Å²) >= 11 is 0. The Labute approximate surface area is 132 Å². The number of amides is 2. The van der Waals surface area contributed by atoms with Gasteiger partial charge >= 0.3 is 0 Å². The van der Waals surface area contributed by atoms with Gasteiger partial charge in [-0.15, -0.1) is 0 Å². The summed E-state index contributed by atoms with van der Waals surface area (Å²) in [6, 6.07) is -0.293. The van der Waals surface area contributed by atoms with Gasteiger partial charge in [0.15, 0.2) is 0 Å². The van der Waals surface area contributed by atoms with Crippen LogP contribution in [0.25, 0.3) is 0 Å². The van der Waals surface area contributed by atoms with Crippen molar-refractivity contribution in [2.75, 3.05) is 6.54 Å². The maximum absolute atomic E-state index is 12.7. The number of rotatable bonds is 6. The topological polar surface area (TPSA) is 84.2 Å². The highest BCUT2D eigenvalue weighted by molar-refractivity contribution is 5.86. The van der Waals surface area contributed by atoms with Crippen LogP contribution in [0.5, 0.6) is 0 Å². The number of piperidine rings is 1. The first-order chi connectivity index (χ1) is 10.2. The maximum atomic E-state index is 12.7. The van der Waals surface area contributed by atoms with Gasteiger partial charge in [0.1, 0.15) is 0 Å². The molecule has 3 rings (SSSR count). The van der Waals surface area contributed by atoms with Crippen molar-refractivity contribution in [3.8, 4) is 0 Å². The summed E-state index contributed by atoms with van der Waals surface area (Å²) in [5.74, 6) is 1.35. The first-order valence-electron chi connectivity index (χ1n) is 8.49. The maximum Gasteiger partial charge on any atom is 0.237 e. The van der Waals surface area contributed by atoms with Crippen LogP contribution in [-0.2, 0) is 9.59 Å². The number of carbonyl (C=O) groups excluding carboxylic acids is 2. The largest absolute Gasteiger partial charge is 0.369 e. The molecule has 0 bridgehead atoms. The Morgan fingerprint density at radius 3 is 2.45 bits per heavy atom. The predicted molar refractivity (Wildman–Crippen MR) is 84.8 cm³/mol. The van der Waals surface area contributed by atoms with Gasteiger partial charge in [0.05, 0.1) is 11.5 Å². The van der Waals surface area contributed by atoms with Crippen molar-refractivity contribution in [3.05, 3.63) is 0 Å². The van der Waals surface area contributed by atoms with E-state index in [2.05, 4.69) is 24.5 Å². The molecule has 0 spiro atoms. The Bertz CT molecular complexity index is 496. The summed E-state index contributed by atoms with van der Waals surface area (Å²) in [6.45, 7) is 9.07. The lowest BCUT2D eigenvalue weighted by Crippen LogP contribution is -2.55. The van der Waals surface area contributed by atoms with Gasteiger partial charge in [-0.3, -0.25) is 9.59 Å². The molecule has 2 amide bonds. The molecule has 5 nitrogen and oxygen atoms in total. The van der Waals surface area contributed by atoms with E-state index >= 15 is 0 Å². The number of carbonyl (C=O) groups is 2. The lowest BCUT2D eigenvalue weighted by Gasteiger charge is -2.33. The number of nitrogens with one attached hydrogen (secondary N) is 2. The second kappa shape index (κ2) is 4.95. The lowest BCUT2D eigenvalue weighted by atomic mass is 9.80. The van der Waals surface area contributed by atoms with Crippen LogP contribution < -0.4 is 16.4 Å². The first-order valence-corrected chi connectivity index (χ1v) is 8.49. The minimum absolute atomic E-state index is 0.0399. The van der Waals surface area contributed by atoms with Gasteiger partial charge in [-0.1, -0.05) is 26.7 Å². The van der Waals surface area contributed by atoms with Crippen LogP contribution >= 0.6 is 0 Å². The molecule has 3 aliphatic rings. The van der Waals surface area contributed by atoms with Crippen LogP contribution in [0.4, 0.5) is 0 Å². The molecule has 1 aliphatic heterocycles. The highest BCUT2D eigenvalue weighted by atomic mass is 16.2. The summed E-state index contributed by atoms with van der Waals surface area (Å²) in [5.41, 5.74) is 5.12. The summed E-state index contributed by atoms with van der Waals surface area (Å²) in [7, 11) is 0. The number of nitrogens with two attached hydrogens (primary N) is 1. The SMILES string of the molecule is CC(C)(C(N)=O)C(CC1CC1)NC(=O)[C@H]1NCC2[C@@H]1C2(C)C. The zero-order chi connectivity index (χ0) is 16.3. The fourth-order valence-corrected chi connectivity index (χ4v) is 4.13. The number of hydrogen-bond donors (Lipinski definition) is 3. The molecular weight excluding hydrogens is 278 g/mol. The quantitative estimate of drug-likeness (QED) is 0.685. The minimum Gasteiger partial charge on any atom is -0.369 e. The van der Waals surface area contributed by atoms with Gasteiger partial charge in [-0.25, -0.2) is 0 Å². The Hall–Kier alpha value is -1.10. The van der Waals surface area contributed by atoms with Gasteiger partial charge in [0.2, 0.25) is 11.8 Å². The number of fused-ring (bicyclic) bond motifs is 1. The summed E-state index contributed by atoms with van der Waals surface area (Å²) in [6.07, 6.45) is 3.24. The number of primary amides is 1. The molecule has 3 fully saturated rings. The third-order valence-electron chi connectivity index (χ3n) is 6.43. The van der Waals surface area contributed by atoms with Crippen LogP contribution in [-0.4, -0.2) is 30.4 Å². The predicted octanol–water partition coefficient (Wildman–Crippen LogP) is 1.03. The molecule has 2 saturated carbocycles. The highest BCUT2D eigenvalue weighted by Gasteiger charge is 2.65. The van der Waals surface area contributed by atoms with E-state index in [1.807, 2.05) is 13.8 Å². The molecule has 4 N–H and O–H groups in total. The van der Waals surface area contributed by atoms with Gasteiger partial charge in [0, 0.05) is 6.04 Å². The van der Waals surface area contributed by atoms with Gasteiger partial charge < -0.3 is 16.4 Å². The smallest absolute Gasteiger partial charge is 0.237 e. The minimum atomic E-state index is -0.713. The fraction of sp³-hybridized carbons (Fsp3) is 0.882. The summed E-state index contributed by atoms with van der Waals surface area (Å²) in [4.78, 5) is 24.5. The molecule has 1 saturated heterocycles. The third-order valence-corrected chi connectivity index (χ3v) is 6.43. The molecule has 5 heteroatoms. The van der Waals surface area contributed by atoms with Crippen LogP contribution in [0, 0.1) is 28.6 Å². The van der Waals surface area contributed by atoms with Crippen molar-refractivity contribution in [3.63, 3.8) is 0 Å². The monoisotopic (exact) mass is 307 g/mol. The molecule has 0 aromatic carbocycles. The Morgan fingerprint density at radius 2 is 2.00 bits per heavy atom. The Kier molecular flexibility index (Phi) is 3.55. The number of hydrogen-bond acceptors (Lipinski definition) is 3. The van der Waals surface area contributed by atoms with E-state index in [0.29, 0.717) is 17.8 Å². The van der Waals surface area contributed by atoms with Crippen molar-refractivity contribution in [2.24, 2.45) is 34.3 Å². The molecule has 0 aromatic heterocycles. The molecule has 2 aliphatic carbocycles. The average Bonchev–Trinajstić information content (AvgIpc) is 3.25. The van der Waals surface area contributed by atoms with Gasteiger partial charge in [0.25, 0.3) is 0 Å². The van der Waals surface area contributed by atoms with Crippen LogP contribution in [0.1, 0.15) is 47.0 Å². The zero-order valence-electron chi connectivity index (χ0n) is 14.1. The molecule has 0 aromatic rings. The summed E-state index contributed by atoms with van der Waals surface area (Å²) in [5, 5.41) is 6.48. The van der Waals surface area contributed by atoms with Crippen LogP contribution in [0.15, 0.2) is 0 Å². The highest BCUT2D eigenvalue weighted by Crippen LogP contribution is 2.62. The van der Waals surface area contributed by atoms with Crippen LogP contribution in [0.2, 0.25) is 0 Å². The molecule has 22 heavy (non-hydrogen) atoms. The van der Waals surface area contributed by atoms with Crippen molar-refractivity contribution in [1.29, 1.82) is 0 Å². The van der Waals surface area contributed by atoms with E-state index in [-0.39, 0.29) is 29.3 Å². The molecule has 4 atom stereocenters. The van der Waals surface area contributed by atoms with Crippen molar-refractivity contribution in [1.82, 2.24) is 10.6 Å². The Balaban J connectivity index is 1.68. The van der Waals surface area contributed by atoms with E-state index in [0.717, 1.165) is 13.0 Å². The van der Waals surface area contributed by atoms with Crippen molar-refractivity contribution >= 4 is 11.8 Å². The van der Waals surface area contributed by atoms with E-state index < -0.39 is 5.41 Å².